The van der Waals surface area contributed by atoms with Gasteiger partial charge in [-0.2, -0.15) is 0 Å². The summed E-state index contributed by atoms with van der Waals surface area (Å²) < 4.78 is 23.3. The molecule has 110 valence electrons. The van der Waals surface area contributed by atoms with Crippen molar-refractivity contribution >= 4 is 33.0 Å². The van der Waals surface area contributed by atoms with Crippen LogP contribution < -0.4 is 4.90 Å². The molecule has 5 nitrogen and oxygen atoms in total. The number of hydrogen-bond donors (Lipinski definition) is 1. The number of nitrogens with zero attached hydrogens (tertiary/aromatic N) is 1. The molecular formula is C13H16ClNO4S. The molecule has 2 rings (SSSR count). The van der Waals surface area contributed by atoms with Crippen molar-refractivity contribution in [3.8, 4) is 0 Å². The topological polar surface area (TPSA) is 74.7 Å². The maximum Gasteiger partial charge on any atom is 0.242 e. The number of aliphatic hydroxyl groups is 1. The van der Waals surface area contributed by atoms with Crippen molar-refractivity contribution in [3.63, 3.8) is 0 Å². The van der Waals surface area contributed by atoms with E-state index >= 15 is 0 Å². The van der Waals surface area contributed by atoms with E-state index in [0.29, 0.717) is 5.69 Å². The van der Waals surface area contributed by atoms with Crippen molar-refractivity contribution in [1.29, 1.82) is 0 Å². The Bertz CT molecular complexity index is 617. The molecule has 1 aliphatic rings. The number of aryl methyl sites for hydroxylation is 1. The van der Waals surface area contributed by atoms with Crippen LogP contribution >= 0.6 is 11.6 Å². The summed E-state index contributed by atoms with van der Waals surface area (Å²) in [5.41, 5.74) is 1.49. The molecule has 1 aromatic rings. The van der Waals surface area contributed by atoms with Crippen LogP contribution in [0.15, 0.2) is 24.3 Å². The number of amides is 1. The van der Waals surface area contributed by atoms with Gasteiger partial charge >= 0.3 is 0 Å². The van der Waals surface area contributed by atoms with E-state index in [1.807, 2.05) is 13.0 Å². The Balaban J connectivity index is 2.41. The predicted molar refractivity (Wildman–Crippen MR) is 77.8 cm³/mol. The maximum atomic E-state index is 12.1. The van der Waals surface area contributed by atoms with Crippen molar-refractivity contribution < 1.29 is 18.3 Å². The highest BCUT2D eigenvalue weighted by Crippen LogP contribution is 2.26. The van der Waals surface area contributed by atoms with E-state index in [2.05, 4.69) is 0 Å². The first-order valence-corrected chi connectivity index (χ1v) is 8.53. The summed E-state index contributed by atoms with van der Waals surface area (Å²) in [7, 11) is -3.34. The lowest BCUT2D eigenvalue weighted by atomic mass is 10.1. The largest absolute Gasteiger partial charge is 0.390 e. The Labute approximate surface area is 123 Å². The molecule has 0 bridgehead atoms. The zero-order valence-corrected chi connectivity index (χ0v) is 12.6. The monoisotopic (exact) mass is 317 g/mol. The molecule has 0 unspecified atom stereocenters. The smallest absolute Gasteiger partial charge is 0.242 e. The van der Waals surface area contributed by atoms with E-state index in [1.165, 1.54) is 4.90 Å². The Kier molecular flexibility index (Phi) is 4.36. The minimum Gasteiger partial charge on any atom is -0.390 e. The zero-order chi connectivity index (χ0) is 14.9. The highest BCUT2D eigenvalue weighted by Gasteiger charge is 2.42. The minimum absolute atomic E-state index is 0.245. The van der Waals surface area contributed by atoms with Gasteiger partial charge in [-0.25, -0.2) is 8.42 Å². The molecule has 0 radical (unpaired) electrons. The Hall–Kier alpha value is -1.11. The van der Waals surface area contributed by atoms with E-state index in [1.54, 1.807) is 18.2 Å². The molecule has 1 amide bonds. The van der Waals surface area contributed by atoms with Crippen LogP contribution in [0.1, 0.15) is 5.56 Å². The summed E-state index contributed by atoms with van der Waals surface area (Å²) >= 11 is 5.61. The van der Waals surface area contributed by atoms with Gasteiger partial charge in [0, 0.05) is 5.69 Å². The molecule has 20 heavy (non-hydrogen) atoms. The number of halogens is 1. The van der Waals surface area contributed by atoms with Crippen molar-refractivity contribution in [1.82, 2.24) is 0 Å². The molecule has 0 saturated carbocycles. The lowest BCUT2D eigenvalue weighted by Crippen LogP contribution is -2.47. The average molecular weight is 318 g/mol. The fourth-order valence-electron chi connectivity index (χ4n) is 2.42. The van der Waals surface area contributed by atoms with Crippen molar-refractivity contribution in [2.75, 3.05) is 22.3 Å². The predicted octanol–water partition coefficient (Wildman–Crippen LogP) is 0.725. The van der Waals surface area contributed by atoms with Crippen molar-refractivity contribution in [2.45, 2.75) is 19.1 Å². The first-order valence-electron chi connectivity index (χ1n) is 6.17. The van der Waals surface area contributed by atoms with Gasteiger partial charge in [-0.05, 0) is 24.6 Å². The van der Waals surface area contributed by atoms with E-state index in [-0.39, 0.29) is 17.4 Å². The summed E-state index contributed by atoms with van der Waals surface area (Å²) in [5.74, 6) is -1.25. The number of aliphatic hydroxyl groups excluding tert-OH is 1. The standard InChI is InChI=1S/C13H16ClNO4S/c1-9-3-2-4-10(5-9)15(13(17)6-14)11-7-20(18,19)8-12(11)16/h2-5,11-12,16H,6-8H2,1H3/t11-,12+/m1/s1. The molecule has 0 spiro atoms. The Morgan fingerprint density at radius 3 is 2.65 bits per heavy atom. The second-order valence-corrected chi connectivity index (χ2v) is 7.37. The van der Waals surface area contributed by atoms with Crippen LogP contribution in [0.2, 0.25) is 0 Å². The third-order valence-corrected chi connectivity index (χ3v) is 5.22. The molecule has 2 atom stereocenters. The molecule has 1 aliphatic heterocycles. The van der Waals surface area contributed by atoms with Gasteiger partial charge in [-0.3, -0.25) is 4.79 Å². The fourth-order valence-corrected chi connectivity index (χ4v) is 4.32. The molecule has 1 fully saturated rings. The second-order valence-electron chi connectivity index (χ2n) is 4.95. The highest BCUT2D eigenvalue weighted by atomic mass is 35.5. The number of carbonyl (C=O) groups excluding carboxylic acids is 1. The van der Waals surface area contributed by atoms with Gasteiger partial charge in [0.15, 0.2) is 9.84 Å². The van der Waals surface area contributed by atoms with Crippen LogP contribution in [-0.4, -0.2) is 49.0 Å². The number of benzene rings is 1. The summed E-state index contributed by atoms with van der Waals surface area (Å²) in [6.45, 7) is 1.87. The van der Waals surface area contributed by atoms with E-state index in [0.717, 1.165) is 5.56 Å². The number of alkyl halides is 1. The quantitative estimate of drug-likeness (QED) is 0.834. The minimum atomic E-state index is -3.34. The van der Waals surface area contributed by atoms with Gasteiger partial charge in [0.2, 0.25) is 5.91 Å². The van der Waals surface area contributed by atoms with E-state index in [9.17, 15) is 18.3 Å². The van der Waals surface area contributed by atoms with Gasteiger partial charge in [0.05, 0.1) is 23.7 Å². The van der Waals surface area contributed by atoms with Gasteiger partial charge in [-0.15, -0.1) is 11.6 Å². The van der Waals surface area contributed by atoms with Crippen LogP contribution in [0.5, 0.6) is 0 Å². The summed E-state index contributed by atoms with van der Waals surface area (Å²) in [5, 5.41) is 9.95. The Morgan fingerprint density at radius 1 is 1.45 bits per heavy atom. The maximum absolute atomic E-state index is 12.1. The number of anilines is 1. The molecule has 0 aromatic heterocycles. The Morgan fingerprint density at radius 2 is 2.15 bits per heavy atom. The van der Waals surface area contributed by atoms with Crippen LogP contribution in [0, 0.1) is 6.92 Å². The van der Waals surface area contributed by atoms with Crippen LogP contribution in [0.4, 0.5) is 5.69 Å². The van der Waals surface area contributed by atoms with E-state index < -0.39 is 27.9 Å². The van der Waals surface area contributed by atoms with Crippen LogP contribution in [0.3, 0.4) is 0 Å². The number of hydrogen-bond acceptors (Lipinski definition) is 4. The summed E-state index contributed by atoms with van der Waals surface area (Å²) in [6, 6.07) is 6.33. The average Bonchev–Trinajstić information content (AvgIpc) is 2.63. The molecular weight excluding hydrogens is 302 g/mol. The lowest BCUT2D eigenvalue weighted by Gasteiger charge is -2.30. The van der Waals surface area contributed by atoms with Crippen LogP contribution in [0.25, 0.3) is 0 Å². The molecule has 1 heterocycles. The summed E-state index contributed by atoms with van der Waals surface area (Å²) in [6.07, 6.45) is -1.09. The van der Waals surface area contributed by atoms with E-state index in [4.69, 9.17) is 11.6 Å². The van der Waals surface area contributed by atoms with Crippen molar-refractivity contribution in [3.05, 3.63) is 29.8 Å². The molecule has 1 N–H and O–H groups in total. The molecule has 7 heteroatoms. The summed E-state index contributed by atoms with van der Waals surface area (Å²) in [4.78, 5) is 13.4. The van der Waals surface area contributed by atoms with Gasteiger partial charge in [-0.1, -0.05) is 12.1 Å². The first-order chi connectivity index (χ1) is 9.34. The highest BCUT2D eigenvalue weighted by molar-refractivity contribution is 7.91. The third kappa shape index (κ3) is 3.13. The molecule has 0 aliphatic carbocycles. The number of carbonyl (C=O) groups is 1. The lowest BCUT2D eigenvalue weighted by molar-refractivity contribution is -0.117. The second kappa shape index (κ2) is 5.71. The molecule has 1 saturated heterocycles. The SMILES string of the molecule is Cc1cccc(N(C(=O)CCl)[C@@H]2CS(=O)(=O)C[C@@H]2O)c1. The van der Waals surface area contributed by atoms with Crippen molar-refractivity contribution in [2.24, 2.45) is 0 Å². The fraction of sp³-hybridized carbons (Fsp3) is 0.462. The van der Waals surface area contributed by atoms with Crippen LogP contribution in [-0.2, 0) is 14.6 Å². The normalized spacial score (nSPS) is 24.6. The van der Waals surface area contributed by atoms with Gasteiger partial charge < -0.3 is 10.0 Å². The molecule has 1 aromatic carbocycles. The third-order valence-electron chi connectivity index (χ3n) is 3.29. The van der Waals surface area contributed by atoms with Gasteiger partial charge in [0.1, 0.15) is 5.88 Å². The number of rotatable bonds is 3. The number of sulfone groups is 1. The van der Waals surface area contributed by atoms with Gasteiger partial charge in [0.25, 0.3) is 0 Å². The zero-order valence-electron chi connectivity index (χ0n) is 11.0. The first kappa shape index (κ1) is 15.3.